The number of hydrogen-bond acceptors (Lipinski definition) is 4. The van der Waals surface area contributed by atoms with E-state index in [1.165, 1.54) is 5.56 Å². The molecular weight excluding hydrogens is 268 g/mol. The molecule has 0 saturated carbocycles. The number of rotatable bonds is 6. The van der Waals surface area contributed by atoms with Crippen molar-refractivity contribution in [3.63, 3.8) is 0 Å². The van der Waals surface area contributed by atoms with Crippen molar-refractivity contribution in [2.24, 2.45) is 0 Å². The monoisotopic (exact) mass is 290 g/mol. The number of fused-ring (bicyclic) bond motifs is 1. The summed E-state index contributed by atoms with van der Waals surface area (Å²) in [6.07, 6.45) is 2.95. The predicted octanol–water partition coefficient (Wildman–Crippen LogP) is 2.96. The molecule has 21 heavy (non-hydrogen) atoms. The fraction of sp³-hybridized carbons (Fsp3) is 0.500. The molecule has 0 fully saturated rings. The van der Waals surface area contributed by atoms with Crippen LogP contribution in [-0.4, -0.2) is 28.8 Å². The van der Waals surface area contributed by atoms with Gasteiger partial charge in [0, 0.05) is 12.1 Å². The Labute approximate surface area is 124 Å². The molecule has 2 rings (SSSR count). The van der Waals surface area contributed by atoms with Gasteiger partial charge in [0.15, 0.2) is 12.4 Å². The van der Waals surface area contributed by atoms with Crippen molar-refractivity contribution in [3.8, 4) is 5.75 Å². The van der Waals surface area contributed by atoms with E-state index in [1.54, 1.807) is 6.92 Å². The van der Waals surface area contributed by atoms with Gasteiger partial charge >= 0.3 is 5.97 Å². The number of hydrogen-bond donors (Lipinski definition) is 0. The molecule has 0 saturated heterocycles. The molecule has 2 heterocycles. The third-order valence-electron chi connectivity index (χ3n) is 3.27. The summed E-state index contributed by atoms with van der Waals surface area (Å²) >= 11 is 0. The van der Waals surface area contributed by atoms with Gasteiger partial charge in [0.1, 0.15) is 11.2 Å². The maximum absolute atomic E-state index is 11.5. The van der Waals surface area contributed by atoms with E-state index in [0.717, 1.165) is 17.6 Å². The van der Waals surface area contributed by atoms with E-state index < -0.39 is 0 Å². The van der Waals surface area contributed by atoms with Crippen LogP contribution in [0.3, 0.4) is 0 Å². The highest BCUT2D eigenvalue weighted by atomic mass is 16.6. The molecule has 0 aliphatic rings. The van der Waals surface area contributed by atoms with Crippen LogP contribution in [0.4, 0.5) is 0 Å². The molecule has 5 nitrogen and oxygen atoms in total. The lowest BCUT2D eigenvalue weighted by molar-refractivity contribution is -0.145. The number of aryl methyl sites for hydroxylation is 1. The average molecular weight is 290 g/mol. The molecule has 2 aromatic heterocycles. The lowest BCUT2D eigenvalue weighted by Gasteiger charge is -2.08. The van der Waals surface area contributed by atoms with Gasteiger partial charge in [-0.25, -0.2) is 9.31 Å². The second-order valence-electron chi connectivity index (χ2n) is 5.18. The molecule has 0 amide bonds. The molecule has 0 spiro atoms. The minimum absolute atomic E-state index is 0.0928. The van der Waals surface area contributed by atoms with Crippen molar-refractivity contribution in [1.29, 1.82) is 0 Å². The quantitative estimate of drug-likeness (QED) is 0.768. The number of pyridine rings is 1. The maximum atomic E-state index is 11.5. The standard InChI is InChI=1S/C16H22N2O3/c1-5-12-7-8-13-16(21-10-14(19)20-6-2)15(11(3)4)17-18(13)9-12/h7-9,11H,5-6,10H2,1-4H3. The number of carbonyl (C=O) groups excluding carboxylic acids is 1. The van der Waals surface area contributed by atoms with Crippen LogP contribution in [0, 0.1) is 0 Å². The van der Waals surface area contributed by atoms with E-state index >= 15 is 0 Å². The summed E-state index contributed by atoms with van der Waals surface area (Å²) < 4.78 is 12.4. The third kappa shape index (κ3) is 3.35. The van der Waals surface area contributed by atoms with Gasteiger partial charge in [-0.3, -0.25) is 0 Å². The van der Waals surface area contributed by atoms with E-state index in [-0.39, 0.29) is 18.5 Å². The Morgan fingerprint density at radius 2 is 2.10 bits per heavy atom. The van der Waals surface area contributed by atoms with Crippen LogP contribution >= 0.6 is 0 Å². The highest BCUT2D eigenvalue weighted by molar-refractivity contribution is 5.72. The van der Waals surface area contributed by atoms with Crippen LogP contribution in [0.1, 0.15) is 44.9 Å². The van der Waals surface area contributed by atoms with E-state index in [4.69, 9.17) is 9.47 Å². The fourth-order valence-electron chi connectivity index (χ4n) is 2.16. The number of carbonyl (C=O) groups is 1. The second kappa shape index (κ2) is 6.61. The first-order chi connectivity index (χ1) is 10.1. The van der Waals surface area contributed by atoms with Crippen molar-refractivity contribution in [2.45, 2.75) is 40.0 Å². The molecule has 0 unspecified atom stereocenters. The minimum Gasteiger partial charge on any atom is -0.478 e. The minimum atomic E-state index is -0.364. The van der Waals surface area contributed by atoms with Gasteiger partial charge in [0.2, 0.25) is 0 Å². The summed E-state index contributed by atoms with van der Waals surface area (Å²) in [6, 6.07) is 4.04. The van der Waals surface area contributed by atoms with Crippen molar-refractivity contribution < 1.29 is 14.3 Å². The van der Waals surface area contributed by atoms with Crippen molar-refractivity contribution >= 4 is 11.5 Å². The Kier molecular flexibility index (Phi) is 4.83. The van der Waals surface area contributed by atoms with E-state index in [0.29, 0.717) is 12.4 Å². The Morgan fingerprint density at radius 3 is 2.71 bits per heavy atom. The van der Waals surface area contributed by atoms with E-state index in [2.05, 4.69) is 31.9 Å². The Bertz CT molecular complexity index is 632. The Morgan fingerprint density at radius 1 is 1.33 bits per heavy atom. The van der Waals surface area contributed by atoms with Gasteiger partial charge in [-0.1, -0.05) is 26.8 Å². The number of nitrogens with zero attached hydrogens (tertiary/aromatic N) is 2. The highest BCUT2D eigenvalue weighted by Gasteiger charge is 2.18. The van der Waals surface area contributed by atoms with Crippen molar-refractivity contribution in [1.82, 2.24) is 9.61 Å². The zero-order valence-corrected chi connectivity index (χ0v) is 13.0. The summed E-state index contributed by atoms with van der Waals surface area (Å²) in [5, 5.41) is 4.58. The molecule has 0 aromatic carbocycles. The summed E-state index contributed by atoms with van der Waals surface area (Å²) in [5.74, 6) is 0.518. The number of aromatic nitrogens is 2. The van der Waals surface area contributed by atoms with Crippen LogP contribution in [0.15, 0.2) is 18.3 Å². The lowest BCUT2D eigenvalue weighted by atomic mass is 10.1. The molecule has 0 radical (unpaired) electrons. The first-order valence-electron chi connectivity index (χ1n) is 7.36. The Hall–Kier alpha value is -2.04. The Balaban J connectivity index is 2.35. The largest absolute Gasteiger partial charge is 0.478 e. The third-order valence-corrected chi connectivity index (χ3v) is 3.27. The van der Waals surface area contributed by atoms with Crippen LogP contribution in [0.2, 0.25) is 0 Å². The maximum Gasteiger partial charge on any atom is 0.344 e. The van der Waals surface area contributed by atoms with Crippen molar-refractivity contribution in [2.75, 3.05) is 13.2 Å². The topological polar surface area (TPSA) is 52.8 Å². The van der Waals surface area contributed by atoms with E-state index in [1.807, 2.05) is 16.8 Å². The van der Waals surface area contributed by atoms with Crippen LogP contribution in [0.5, 0.6) is 5.75 Å². The zero-order chi connectivity index (χ0) is 15.4. The molecule has 0 aliphatic heterocycles. The molecular formula is C16H22N2O3. The molecule has 0 atom stereocenters. The first kappa shape index (κ1) is 15.4. The number of ether oxygens (including phenoxy) is 2. The molecule has 0 bridgehead atoms. The van der Waals surface area contributed by atoms with Gasteiger partial charge in [0.05, 0.1) is 6.61 Å². The first-order valence-corrected chi connectivity index (χ1v) is 7.36. The van der Waals surface area contributed by atoms with Crippen LogP contribution < -0.4 is 4.74 Å². The van der Waals surface area contributed by atoms with Gasteiger partial charge < -0.3 is 9.47 Å². The summed E-state index contributed by atoms with van der Waals surface area (Å²) in [4.78, 5) is 11.5. The summed E-state index contributed by atoms with van der Waals surface area (Å²) in [6.45, 7) is 8.25. The normalized spacial score (nSPS) is 11.1. The molecule has 0 N–H and O–H groups in total. The molecule has 2 aromatic rings. The number of esters is 1. The second-order valence-corrected chi connectivity index (χ2v) is 5.18. The van der Waals surface area contributed by atoms with Gasteiger partial charge in [0.25, 0.3) is 0 Å². The van der Waals surface area contributed by atoms with Gasteiger partial charge in [-0.15, -0.1) is 0 Å². The predicted molar refractivity (Wildman–Crippen MR) is 80.8 cm³/mol. The van der Waals surface area contributed by atoms with Crippen LogP contribution in [0.25, 0.3) is 5.52 Å². The molecule has 5 heteroatoms. The molecule has 114 valence electrons. The van der Waals surface area contributed by atoms with Crippen LogP contribution in [-0.2, 0) is 16.0 Å². The van der Waals surface area contributed by atoms with E-state index in [9.17, 15) is 4.79 Å². The fourth-order valence-corrected chi connectivity index (χ4v) is 2.16. The smallest absolute Gasteiger partial charge is 0.344 e. The SMILES string of the molecule is CCOC(=O)COc1c(C(C)C)nn2cc(CC)ccc12. The lowest BCUT2D eigenvalue weighted by Crippen LogP contribution is -2.15. The zero-order valence-electron chi connectivity index (χ0n) is 13.0. The van der Waals surface area contributed by atoms with Crippen molar-refractivity contribution in [3.05, 3.63) is 29.6 Å². The highest BCUT2D eigenvalue weighted by Crippen LogP contribution is 2.30. The van der Waals surface area contributed by atoms with Gasteiger partial charge in [-0.05, 0) is 25.0 Å². The molecule has 0 aliphatic carbocycles. The summed E-state index contributed by atoms with van der Waals surface area (Å²) in [7, 11) is 0. The van der Waals surface area contributed by atoms with Gasteiger partial charge in [-0.2, -0.15) is 5.10 Å². The summed E-state index contributed by atoms with van der Waals surface area (Å²) in [5.41, 5.74) is 2.94. The average Bonchev–Trinajstić information content (AvgIpc) is 2.83.